The van der Waals surface area contributed by atoms with Gasteiger partial charge in [-0.15, -0.1) is 0 Å². The summed E-state index contributed by atoms with van der Waals surface area (Å²) in [5.41, 5.74) is 2.14. The molecule has 0 bridgehead atoms. The van der Waals surface area contributed by atoms with Gasteiger partial charge in [-0.3, -0.25) is 0 Å². The van der Waals surface area contributed by atoms with Crippen LogP contribution in [0, 0.1) is 12.8 Å². The van der Waals surface area contributed by atoms with Gasteiger partial charge in [0.15, 0.2) is 0 Å². The van der Waals surface area contributed by atoms with Gasteiger partial charge < -0.3 is 9.73 Å². The first-order valence-corrected chi connectivity index (χ1v) is 7.10. The molecule has 0 saturated heterocycles. The van der Waals surface area contributed by atoms with E-state index in [2.05, 4.69) is 24.4 Å². The van der Waals surface area contributed by atoms with Crippen LogP contribution >= 0.6 is 11.6 Å². The normalized spacial score (nSPS) is 21.4. The Morgan fingerprint density at radius 3 is 2.79 bits per heavy atom. The summed E-state index contributed by atoms with van der Waals surface area (Å²) in [6.45, 7) is 4.98. The lowest BCUT2D eigenvalue weighted by Crippen LogP contribution is -2.00. The molecule has 0 spiro atoms. The molecule has 1 aromatic carbocycles. The Balaban J connectivity index is 1.67. The lowest BCUT2D eigenvalue weighted by molar-refractivity contribution is 0.468. The van der Waals surface area contributed by atoms with E-state index in [1.807, 2.05) is 25.1 Å². The van der Waals surface area contributed by atoms with Gasteiger partial charge in [0.1, 0.15) is 11.5 Å². The van der Waals surface area contributed by atoms with Crippen molar-refractivity contribution in [2.24, 2.45) is 5.92 Å². The van der Waals surface area contributed by atoms with Crippen LogP contribution in [-0.2, 0) is 6.54 Å². The molecule has 1 aliphatic carbocycles. The smallest absolute Gasteiger partial charge is 0.123 e. The SMILES string of the molecule is Cc1cccc(Cl)c1NCc1ccc(C2CC2C)o1. The zero-order valence-electron chi connectivity index (χ0n) is 11.2. The number of halogens is 1. The Bertz CT molecular complexity index is 570. The number of hydrogen-bond acceptors (Lipinski definition) is 2. The minimum absolute atomic E-state index is 0.635. The highest BCUT2D eigenvalue weighted by molar-refractivity contribution is 6.33. The summed E-state index contributed by atoms with van der Waals surface area (Å²) in [4.78, 5) is 0. The van der Waals surface area contributed by atoms with Gasteiger partial charge in [0.05, 0.1) is 17.3 Å². The number of para-hydroxylation sites is 1. The number of furan rings is 1. The molecule has 2 nitrogen and oxygen atoms in total. The average Bonchev–Trinajstić information content (AvgIpc) is 2.92. The van der Waals surface area contributed by atoms with E-state index >= 15 is 0 Å². The van der Waals surface area contributed by atoms with Crippen molar-refractivity contribution in [1.82, 2.24) is 0 Å². The molecule has 19 heavy (non-hydrogen) atoms. The highest BCUT2D eigenvalue weighted by Crippen LogP contribution is 2.47. The Morgan fingerprint density at radius 2 is 2.11 bits per heavy atom. The zero-order valence-corrected chi connectivity index (χ0v) is 12.0. The lowest BCUT2D eigenvalue weighted by Gasteiger charge is -2.09. The molecule has 3 heteroatoms. The van der Waals surface area contributed by atoms with Gasteiger partial charge in [0, 0.05) is 5.92 Å². The highest BCUT2D eigenvalue weighted by atomic mass is 35.5. The first-order chi connectivity index (χ1) is 9.15. The highest BCUT2D eigenvalue weighted by Gasteiger charge is 2.36. The lowest BCUT2D eigenvalue weighted by atomic mass is 10.2. The van der Waals surface area contributed by atoms with Gasteiger partial charge >= 0.3 is 0 Å². The van der Waals surface area contributed by atoms with Gasteiger partial charge in [-0.1, -0.05) is 30.7 Å². The maximum absolute atomic E-state index is 6.19. The number of nitrogens with one attached hydrogen (secondary N) is 1. The summed E-state index contributed by atoms with van der Waals surface area (Å²) in [5.74, 6) is 3.50. The van der Waals surface area contributed by atoms with E-state index in [1.54, 1.807) is 0 Å². The van der Waals surface area contributed by atoms with Crippen molar-refractivity contribution in [3.05, 3.63) is 52.4 Å². The van der Waals surface area contributed by atoms with Crippen molar-refractivity contribution < 1.29 is 4.42 Å². The van der Waals surface area contributed by atoms with E-state index in [-0.39, 0.29) is 0 Å². The number of aryl methyl sites for hydroxylation is 1. The molecule has 1 heterocycles. The van der Waals surface area contributed by atoms with Crippen molar-refractivity contribution in [3.8, 4) is 0 Å². The van der Waals surface area contributed by atoms with Crippen LogP contribution in [-0.4, -0.2) is 0 Å². The minimum atomic E-state index is 0.635. The molecule has 1 N–H and O–H groups in total. The van der Waals surface area contributed by atoms with Crippen LogP contribution in [0.15, 0.2) is 34.7 Å². The van der Waals surface area contributed by atoms with Crippen LogP contribution in [0.3, 0.4) is 0 Å². The second-order valence-corrected chi connectivity index (χ2v) is 5.82. The number of hydrogen-bond donors (Lipinski definition) is 1. The Kier molecular flexibility index (Phi) is 3.28. The predicted molar refractivity (Wildman–Crippen MR) is 78.7 cm³/mol. The second-order valence-electron chi connectivity index (χ2n) is 5.41. The molecule has 2 atom stereocenters. The van der Waals surface area contributed by atoms with E-state index in [4.69, 9.17) is 16.0 Å². The topological polar surface area (TPSA) is 25.2 Å². The predicted octanol–water partition coefficient (Wildman–Crippen LogP) is 4.98. The summed E-state index contributed by atoms with van der Waals surface area (Å²) in [6, 6.07) is 10.1. The quantitative estimate of drug-likeness (QED) is 0.851. The molecule has 2 unspecified atom stereocenters. The maximum atomic E-state index is 6.19. The number of anilines is 1. The van der Waals surface area contributed by atoms with Crippen LogP contribution in [0.2, 0.25) is 5.02 Å². The Morgan fingerprint density at radius 1 is 1.32 bits per heavy atom. The van der Waals surface area contributed by atoms with Gasteiger partial charge in [0.2, 0.25) is 0 Å². The van der Waals surface area contributed by atoms with Gasteiger partial charge in [-0.05, 0) is 43.0 Å². The molecular formula is C16H18ClNO. The zero-order chi connectivity index (χ0) is 13.4. The first-order valence-electron chi connectivity index (χ1n) is 6.72. The summed E-state index contributed by atoms with van der Waals surface area (Å²) < 4.78 is 5.87. The first kappa shape index (κ1) is 12.6. The van der Waals surface area contributed by atoms with Crippen LogP contribution in [0.4, 0.5) is 5.69 Å². The molecule has 0 aliphatic heterocycles. The molecule has 0 amide bonds. The minimum Gasteiger partial charge on any atom is -0.464 e. The van der Waals surface area contributed by atoms with Gasteiger partial charge in [-0.25, -0.2) is 0 Å². The van der Waals surface area contributed by atoms with Crippen molar-refractivity contribution in [2.75, 3.05) is 5.32 Å². The van der Waals surface area contributed by atoms with Crippen molar-refractivity contribution >= 4 is 17.3 Å². The molecule has 100 valence electrons. The number of benzene rings is 1. The van der Waals surface area contributed by atoms with Crippen LogP contribution in [0.5, 0.6) is 0 Å². The molecular weight excluding hydrogens is 258 g/mol. The fourth-order valence-electron chi connectivity index (χ4n) is 2.44. The molecule has 2 aromatic rings. The van der Waals surface area contributed by atoms with Crippen LogP contribution < -0.4 is 5.32 Å². The Hall–Kier alpha value is -1.41. The largest absolute Gasteiger partial charge is 0.464 e. The van der Waals surface area contributed by atoms with E-state index in [0.717, 1.165) is 33.7 Å². The standard InChI is InChI=1S/C16H18ClNO/c1-10-4-3-5-14(17)16(10)18-9-12-6-7-15(19-12)13-8-11(13)2/h3-7,11,13,18H,8-9H2,1-2H3. The van der Waals surface area contributed by atoms with Crippen molar-refractivity contribution in [3.63, 3.8) is 0 Å². The Labute approximate surface area is 118 Å². The van der Waals surface area contributed by atoms with Gasteiger partial charge in [0.25, 0.3) is 0 Å². The third-order valence-electron chi connectivity index (χ3n) is 3.82. The fraction of sp³-hybridized carbons (Fsp3) is 0.375. The van der Waals surface area contributed by atoms with Crippen LogP contribution in [0.25, 0.3) is 0 Å². The van der Waals surface area contributed by atoms with Crippen molar-refractivity contribution in [2.45, 2.75) is 32.7 Å². The summed E-state index contributed by atoms with van der Waals surface area (Å²) in [7, 11) is 0. The summed E-state index contributed by atoms with van der Waals surface area (Å²) in [5, 5.41) is 4.11. The third kappa shape index (κ3) is 2.64. The maximum Gasteiger partial charge on any atom is 0.123 e. The molecule has 1 aliphatic rings. The monoisotopic (exact) mass is 275 g/mol. The number of rotatable bonds is 4. The summed E-state index contributed by atoms with van der Waals surface area (Å²) in [6.07, 6.45) is 1.25. The van der Waals surface area contributed by atoms with E-state index in [1.165, 1.54) is 6.42 Å². The van der Waals surface area contributed by atoms with Gasteiger partial charge in [-0.2, -0.15) is 0 Å². The van der Waals surface area contributed by atoms with E-state index in [0.29, 0.717) is 12.5 Å². The molecule has 0 radical (unpaired) electrons. The van der Waals surface area contributed by atoms with Crippen LogP contribution in [0.1, 0.15) is 36.3 Å². The third-order valence-corrected chi connectivity index (χ3v) is 4.13. The van der Waals surface area contributed by atoms with Crippen molar-refractivity contribution in [1.29, 1.82) is 0 Å². The molecule has 1 aromatic heterocycles. The molecule has 3 rings (SSSR count). The van der Waals surface area contributed by atoms with E-state index in [9.17, 15) is 0 Å². The second kappa shape index (κ2) is 4.93. The summed E-state index contributed by atoms with van der Waals surface area (Å²) >= 11 is 6.19. The average molecular weight is 276 g/mol. The molecule has 1 saturated carbocycles. The van der Waals surface area contributed by atoms with E-state index < -0.39 is 0 Å². The molecule has 1 fully saturated rings. The fourth-order valence-corrected chi connectivity index (χ4v) is 2.73.